The van der Waals surface area contributed by atoms with Gasteiger partial charge in [0.15, 0.2) is 0 Å². The first-order chi connectivity index (χ1) is 14.4. The lowest BCUT2D eigenvalue weighted by Gasteiger charge is -2.31. The van der Waals surface area contributed by atoms with Crippen LogP contribution >= 0.6 is 0 Å². The maximum atomic E-state index is 12.9. The standard InChI is InChI=1S/C21H22N4O4S/c26-25(27)19-10-8-16(9-11-19)15-30(28,29)24-12-4-7-18(14-24)21-22-13-20(23-21)17-5-2-1-3-6-17/h1-3,5-6,8-11,13,18H,4,7,12,14-15H2,(H,22,23)/t18-/m0/s1. The van der Waals surface area contributed by atoms with Gasteiger partial charge >= 0.3 is 0 Å². The molecule has 8 nitrogen and oxygen atoms in total. The molecule has 1 aromatic heterocycles. The average Bonchev–Trinajstić information content (AvgIpc) is 3.25. The number of nitro groups is 1. The molecule has 0 saturated carbocycles. The second kappa shape index (κ2) is 8.37. The molecule has 9 heteroatoms. The van der Waals surface area contributed by atoms with Gasteiger partial charge in [0.1, 0.15) is 5.82 Å². The van der Waals surface area contributed by atoms with Crippen molar-refractivity contribution in [3.8, 4) is 11.3 Å². The Balaban J connectivity index is 1.46. The molecule has 30 heavy (non-hydrogen) atoms. The van der Waals surface area contributed by atoms with Crippen LogP contribution in [0.2, 0.25) is 0 Å². The highest BCUT2D eigenvalue weighted by atomic mass is 32.2. The van der Waals surface area contributed by atoms with E-state index in [-0.39, 0.29) is 17.4 Å². The molecule has 156 valence electrons. The smallest absolute Gasteiger partial charge is 0.269 e. The number of nitrogens with one attached hydrogen (secondary N) is 1. The molecule has 1 N–H and O–H groups in total. The van der Waals surface area contributed by atoms with E-state index in [1.165, 1.54) is 28.6 Å². The molecule has 2 aromatic carbocycles. The quantitative estimate of drug-likeness (QED) is 0.477. The van der Waals surface area contributed by atoms with Gasteiger partial charge in [0.05, 0.1) is 22.6 Å². The van der Waals surface area contributed by atoms with Crippen LogP contribution in [0.25, 0.3) is 11.3 Å². The molecule has 0 aliphatic carbocycles. The van der Waals surface area contributed by atoms with E-state index < -0.39 is 14.9 Å². The second-order valence-electron chi connectivity index (χ2n) is 7.43. The highest BCUT2D eigenvalue weighted by Gasteiger charge is 2.31. The summed E-state index contributed by atoms with van der Waals surface area (Å²) in [4.78, 5) is 18.1. The number of piperidine rings is 1. The lowest BCUT2D eigenvalue weighted by atomic mass is 9.99. The van der Waals surface area contributed by atoms with Crippen molar-refractivity contribution in [3.05, 3.63) is 82.3 Å². The van der Waals surface area contributed by atoms with Crippen LogP contribution in [0, 0.1) is 10.1 Å². The molecule has 0 amide bonds. The zero-order chi connectivity index (χ0) is 21.1. The van der Waals surface area contributed by atoms with Gasteiger partial charge in [-0.15, -0.1) is 0 Å². The molecule has 3 aromatic rings. The molecule has 0 radical (unpaired) electrons. The van der Waals surface area contributed by atoms with E-state index in [4.69, 9.17) is 0 Å². The van der Waals surface area contributed by atoms with Crippen LogP contribution < -0.4 is 0 Å². The monoisotopic (exact) mass is 426 g/mol. The summed E-state index contributed by atoms with van der Waals surface area (Å²) in [7, 11) is -3.53. The fraction of sp³-hybridized carbons (Fsp3) is 0.286. The average molecular weight is 426 g/mol. The zero-order valence-electron chi connectivity index (χ0n) is 16.3. The number of benzene rings is 2. The normalized spacial score (nSPS) is 17.7. The maximum absolute atomic E-state index is 12.9. The van der Waals surface area contributed by atoms with Gasteiger partial charge < -0.3 is 4.98 Å². The number of nitrogens with zero attached hydrogens (tertiary/aromatic N) is 3. The number of H-pyrrole nitrogens is 1. The number of aromatic amines is 1. The molecule has 1 aliphatic rings. The third kappa shape index (κ3) is 4.42. The number of sulfonamides is 1. The summed E-state index contributed by atoms with van der Waals surface area (Å²) in [6.07, 6.45) is 3.41. The van der Waals surface area contributed by atoms with E-state index in [0.29, 0.717) is 18.7 Å². The van der Waals surface area contributed by atoms with Gasteiger partial charge in [0.25, 0.3) is 5.69 Å². The summed E-state index contributed by atoms with van der Waals surface area (Å²) >= 11 is 0. The van der Waals surface area contributed by atoms with E-state index >= 15 is 0 Å². The highest BCUT2D eigenvalue weighted by molar-refractivity contribution is 7.88. The number of hydrogen-bond donors (Lipinski definition) is 1. The van der Waals surface area contributed by atoms with Crippen molar-refractivity contribution in [2.45, 2.75) is 24.5 Å². The minimum absolute atomic E-state index is 0.00264. The predicted octanol–water partition coefficient (Wildman–Crippen LogP) is 3.69. The van der Waals surface area contributed by atoms with Crippen LogP contribution in [0.15, 0.2) is 60.8 Å². The minimum atomic E-state index is -3.53. The van der Waals surface area contributed by atoms with Gasteiger partial charge in [0.2, 0.25) is 10.0 Å². The first-order valence-corrected chi connectivity index (χ1v) is 11.3. The fourth-order valence-corrected chi connectivity index (χ4v) is 5.35. The number of aromatic nitrogens is 2. The second-order valence-corrected chi connectivity index (χ2v) is 9.39. The fourth-order valence-electron chi connectivity index (χ4n) is 3.74. The predicted molar refractivity (Wildman–Crippen MR) is 113 cm³/mol. The van der Waals surface area contributed by atoms with Crippen molar-refractivity contribution in [3.63, 3.8) is 0 Å². The van der Waals surface area contributed by atoms with E-state index in [2.05, 4.69) is 9.97 Å². The van der Waals surface area contributed by atoms with Gasteiger partial charge in [0, 0.05) is 31.1 Å². The number of imidazole rings is 1. The van der Waals surface area contributed by atoms with Crippen molar-refractivity contribution in [1.29, 1.82) is 0 Å². The van der Waals surface area contributed by atoms with E-state index in [9.17, 15) is 18.5 Å². The third-order valence-electron chi connectivity index (χ3n) is 5.34. The Morgan fingerprint density at radius 2 is 1.87 bits per heavy atom. The number of rotatable bonds is 6. The van der Waals surface area contributed by atoms with E-state index in [0.717, 1.165) is 29.9 Å². The van der Waals surface area contributed by atoms with Gasteiger partial charge in [-0.2, -0.15) is 0 Å². The summed E-state index contributed by atoms with van der Waals surface area (Å²) in [5.74, 6) is 0.623. The minimum Gasteiger partial charge on any atom is -0.342 e. The number of nitro benzene ring substituents is 1. The van der Waals surface area contributed by atoms with Gasteiger partial charge in [-0.25, -0.2) is 17.7 Å². The van der Waals surface area contributed by atoms with Crippen LogP contribution in [-0.4, -0.2) is 40.7 Å². The molecule has 1 saturated heterocycles. The largest absolute Gasteiger partial charge is 0.342 e. The molecule has 1 aliphatic heterocycles. The van der Waals surface area contributed by atoms with Gasteiger partial charge in [-0.1, -0.05) is 42.5 Å². The van der Waals surface area contributed by atoms with Crippen molar-refractivity contribution in [2.75, 3.05) is 13.1 Å². The molecule has 0 unspecified atom stereocenters. The molecular formula is C21H22N4O4S. The molecule has 4 rings (SSSR count). The van der Waals surface area contributed by atoms with Crippen molar-refractivity contribution in [2.24, 2.45) is 0 Å². The maximum Gasteiger partial charge on any atom is 0.269 e. The SMILES string of the molecule is O=[N+]([O-])c1ccc(CS(=O)(=O)N2CCC[C@H](c3ncc(-c4ccccc4)[nH]3)C2)cc1. The third-order valence-corrected chi connectivity index (χ3v) is 7.16. The number of hydrogen-bond acceptors (Lipinski definition) is 5. The molecule has 0 spiro atoms. The van der Waals surface area contributed by atoms with Crippen molar-refractivity contribution >= 4 is 15.7 Å². The summed E-state index contributed by atoms with van der Waals surface area (Å²) in [5.41, 5.74) is 2.43. The van der Waals surface area contributed by atoms with Crippen molar-refractivity contribution < 1.29 is 13.3 Å². The van der Waals surface area contributed by atoms with Crippen LogP contribution in [0.4, 0.5) is 5.69 Å². The molecule has 1 atom stereocenters. The Morgan fingerprint density at radius 3 is 2.57 bits per heavy atom. The summed E-state index contributed by atoms with van der Waals surface area (Å²) < 4.78 is 27.4. The summed E-state index contributed by atoms with van der Waals surface area (Å²) in [6, 6.07) is 15.5. The molecule has 0 bridgehead atoms. The Hall–Kier alpha value is -3.04. The number of non-ortho nitro benzene ring substituents is 1. The van der Waals surface area contributed by atoms with Crippen LogP contribution in [0.5, 0.6) is 0 Å². The van der Waals surface area contributed by atoms with Gasteiger partial charge in [-0.05, 0) is 24.0 Å². The van der Waals surface area contributed by atoms with Crippen molar-refractivity contribution in [1.82, 2.24) is 14.3 Å². The molecule has 1 fully saturated rings. The Morgan fingerprint density at radius 1 is 1.13 bits per heavy atom. The lowest BCUT2D eigenvalue weighted by Crippen LogP contribution is -2.40. The van der Waals surface area contributed by atoms with Crippen LogP contribution in [0.1, 0.15) is 30.1 Å². The Labute approximate surface area is 174 Å². The summed E-state index contributed by atoms with van der Waals surface area (Å²) in [6.45, 7) is 0.842. The van der Waals surface area contributed by atoms with Gasteiger partial charge in [-0.3, -0.25) is 10.1 Å². The molecule has 2 heterocycles. The first kappa shape index (κ1) is 20.2. The molecular weight excluding hydrogens is 404 g/mol. The first-order valence-electron chi connectivity index (χ1n) is 9.74. The van der Waals surface area contributed by atoms with E-state index in [1.807, 2.05) is 30.3 Å². The Bertz CT molecular complexity index is 1130. The summed E-state index contributed by atoms with van der Waals surface area (Å²) in [5, 5.41) is 10.8. The zero-order valence-corrected chi connectivity index (χ0v) is 17.1. The van der Waals surface area contributed by atoms with E-state index in [1.54, 1.807) is 6.20 Å². The van der Waals surface area contributed by atoms with Crippen LogP contribution in [0.3, 0.4) is 0 Å². The Kier molecular flexibility index (Phi) is 5.65. The lowest BCUT2D eigenvalue weighted by molar-refractivity contribution is -0.384. The topological polar surface area (TPSA) is 109 Å². The highest BCUT2D eigenvalue weighted by Crippen LogP contribution is 2.29. The van der Waals surface area contributed by atoms with Crippen LogP contribution in [-0.2, 0) is 15.8 Å².